The first kappa shape index (κ1) is 26.5. The summed E-state index contributed by atoms with van der Waals surface area (Å²) in [7, 11) is 0. The molecular formula is C34H24BrNO6. The molecular weight excluding hydrogens is 598 g/mol. The lowest BCUT2D eigenvalue weighted by molar-refractivity contribution is -0.123. The van der Waals surface area contributed by atoms with Crippen LogP contribution in [0.15, 0.2) is 94.0 Å². The number of phenols is 1. The van der Waals surface area contributed by atoms with E-state index >= 15 is 0 Å². The molecule has 7 rings (SSSR count). The van der Waals surface area contributed by atoms with Crippen LogP contribution in [0.2, 0.25) is 0 Å². The lowest BCUT2D eigenvalue weighted by atomic mass is 9.59. The molecule has 3 aromatic carbocycles. The Hall–Kier alpha value is -4.43. The third-order valence-corrected chi connectivity index (χ3v) is 9.70. The first-order valence-corrected chi connectivity index (χ1v) is 14.5. The number of fused-ring (bicyclic) bond motifs is 4. The number of halogens is 1. The van der Waals surface area contributed by atoms with Gasteiger partial charge in [0.15, 0.2) is 17.3 Å². The number of hydrogen-bond acceptors (Lipinski definition) is 6. The molecule has 0 radical (unpaired) electrons. The maximum absolute atomic E-state index is 14.1. The van der Waals surface area contributed by atoms with Crippen molar-refractivity contribution in [3.8, 4) is 5.75 Å². The van der Waals surface area contributed by atoms with E-state index in [1.165, 1.54) is 17.9 Å². The first-order chi connectivity index (χ1) is 20.2. The van der Waals surface area contributed by atoms with Gasteiger partial charge in [0.1, 0.15) is 5.75 Å². The van der Waals surface area contributed by atoms with Gasteiger partial charge >= 0.3 is 0 Å². The van der Waals surface area contributed by atoms with E-state index in [1.54, 1.807) is 42.5 Å². The lowest BCUT2D eigenvalue weighted by Crippen LogP contribution is -2.39. The number of carbonyl (C=O) groups excluding carboxylic acids is 5. The average Bonchev–Trinajstić information content (AvgIpc) is 3.25. The maximum Gasteiger partial charge on any atom is 0.238 e. The summed E-state index contributed by atoms with van der Waals surface area (Å²) >= 11 is 3.26. The highest BCUT2D eigenvalue weighted by molar-refractivity contribution is 9.12. The zero-order valence-electron chi connectivity index (χ0n) is 22.5. The number of allylic oxidation sites excluding steroid dienone is 6. The maximum atomic E-state index is 14.1. The van der Waals surface area contributed by atoms with Gasteiger partial charge in [0.05, 0.1) is 22.0 Å². The lowest BCUT2D eigenvalue weighted by Gasteiger charge is -2.42. The molecule has 1 fully saturated rings. The van der Waals surface area contributed by atoms with Crippen LogP contribution in [0.5, 0.6) is 5.75 Å². The largest absolute Gasteiger partial charge is 0.507 e. The molecule has 0 spiro atoms. The van der Waals surface area contributed by atoms with Crippen molar-refractivity contribution < 1.29 is 29.1 Å². The van der Waals surface area contributed by atoms with Gasteiger partial charge in [0.2, 0.25) is 11.8 Å². The van der Waals surface area contributed by atoms with E-state index < -0.39 is 23.7 Å². The molecule has 7 nitrogen and oxygen atoms in total. The summed E-state index contributed by atoms with van der Waals surface area (Å²) in [6.45, 7) is 1.45. The normalized spacial score (nSPS) is 25.2. The van der Waals surface area contributed by atoms with Crippen LogP contribution in [-0.4, -0.2) is 34.3 Å². The smallest absolute Gasteiger partial charge is 0.238 e. The van der Waals surface area contributed by atoms with Gasteiger partial charge in [-0.15, -0.1) is 0 Å². The molecule has 1 heterocycles. The zero-order valence-corrected chi connectivity index (χ0v) is 24.1. The molecule has 3 aliphatic carbocycles. The van der Waals surface area contributed by atoms with Crippen molar-refractivity contribution in [1.82, 2.24) is 0 Å². The standard InChI is InChI=1S/C34H24BrNO6/c1-16(37)17-6-8-18(9-7-17)36-33(41)23-11-10-22-24(30(23)34(36)42)14-25-31(28(39)15-26(35)32(25)40)29(22)21-12-13-27(38)20-5-3-2-4-19(20)21/h2-10,12-13,15,23-24,29-30,38H,11,14H2,1H3. The highest BCUT2D eigenvalue weighted by Gasteiger charge is 2.56. The van der Waals surface area contributed by atoms with Crippen LogP contribution in [0.25, 0.3) is 10.8 Å². The van der Waals surface area contributed by atoms with Gasteiger partial charge in [-0.3, -0.25) is 28.9 Å². The van der Waals surface area contributed by atoms with Gasteiger partial charge in [-0.2, -0.15) is 0 Å². The predicted octanol–water partition coefficient (Wildman–Crippen LogP) is 5.71. The van der Waals surface area contributed by atoms with E-state index in [4.69, 9.17) is 0 Å². The SMILES string of the molecule is CC(=O)c1ccc(N2C(=O)C3CC=C4C(c5ccc(O)c6ccccc56)C5=C(CC4C3C2=O)C(=O)C(Br)=CC5=O)cc1. The molecule has 0 saturated carbocycles. The number of benzene rings is 3. The van der Waals surface area contributed by atoms with Crippen molar-refractivity contribution in [2.45, 2.75) is 25.7 Å². The molecule has 1 saturated heterocycles. The second-order valence-electron chi connectivity index (χ2n) is 11.2. The number of hydrogen-bond donors (Lipinski definition) is 1. The Morgan fingerprint density at radius 3 is 2.33 bits per heavy atom. The number of anilines is 1. The number of phenolic OH excluding ortho intramolecular Hbond substituents is 1. The molecule has 1 N–H and O–H groups in total. The number of Topliss-reactive ketones (excluding diaryl/α,β-unsaturated/α-hetero) is 2. The molecule has 42 heavy (non-hydrogen) atoms. The number of nitrogens with zero attached hydrogens (tertiary/aromatic N) is 1. The molecule has 3 aromatic rings. The fourth-order valence-corrected chi connectivity index (χ4v) is 7.67. The predicted molar refractivity (Wildman–Crippen MR) is 159 cm³/mol. The number of carbonyl (C=O) groups is 5. The number of amides is 2. The van der Waals surface area contributed by atoms with Crippen molar-refractivity contribution in [3.63, 3.8) is 0 Å². The summed E-state index contributed by atoms with van der Waals surface area (Å²) in [6, 6.07) is 17.1. The van der Waals surface area contributed by atoms with Crippen LogP contribution >= 0.6 is 15.9 Å². The van der Waals surface area contributed by atoms with E-state index in [1.807, 2.05) is 24.3 Å². The second-order valence-corrected chi connectivity index (χ2v) is 12.1. The van der Waals surface area contributed by atoms with Crippen LogP contribution in [0.3, 0.4) is 0 Å². The molecule has 4 aliphatic rings. The summed E-state index contributed by atoms with van der Waals surface area (Å²) in [5.74, 6) is -3.66. The minimum atomic E-state index is -0.711. The summed E-state index contributed by atoms with van der Waals surface area (Å²) in [5.41, 5.74) is 3.21. The molecule has 0 bridgehead atoms. The fourth-order valence-electron chi connectivity index (χ4n) is 7.22. The molecule has 2 amide bonds. The van der Waals surface area contributed by atoms with Crippen LogP contribution in [0, 0.1) is 17.8 Å². The summed E-state index contributed by atoms with van der Waals surface area (Å²) < 4.78 is 0.168. The van der Waals surface area contributed by atoms with Gasteiger partial charge < -0.3 is 5.11 Å². The highest BCUT2D eigenvalue weighted by atomic mass is 79.9. The number of imide groups is 1. The molecule has 1 aliphatic heterocycles. The summed E-state index contributed by atoms with van der Waals surface area (Å²) in [5, 5.41) is 12.0. The van der Waals surface area contributed by atoms with Crippen molar-refractivity contribution in [1.29, 1.82) is 0 Å². The molecule has 4 unspecified atom stereocenters. The summed E-state index contributed by atoms with van der Waals surface area (Å²) in [6.07, 6.45) is 3.76. The highest BCUT2D eigenvalue weighted by Crippen LogP contribution is 2.56. The average molecular weight is 622 g/mol. The van der Waals surface area contributed by atoms with E-state index in [9.17, 15) is 29.1 Å². The van der Waals surface area contributed by atoms with Gasteiger partial charge in [0, 0.05) is 34.1 Å². The molecule has 0 aromatic heterocycles. The van der Waals surface area contributed by atoms with E-state index in [-0.39, 0.29) is 45.8 Å². The van der Waals surface area contributed by atoms with Crippen LogP contribution in [0.1, 0.15) is 41.6 Å². The Kier molecular flexibility index (Phi) is 6.02. The monoisotopic (exact) mass is 621 g/mol. The minimum absolute atomic E-state index is 0.102. The topological polar surface area (TPSA) is 109 Å². The third-order valence-electron chi connectivity index (χ3n) is 9.11. The number of aromatic hydroxyl groups is 1. The van der Waals surface area contributed by atoms with Crippen molar-refractivity contribution in [2.75, 3.05) is 4.90 Å². The molecule has 4 atom stereocenters. The third kappa shape index (κ3) is 3.74. The first-order valence-electron chi connectivity index (χ1n) is 13.8. The quantitative estimate of drug-likeness (QED) is 0.174. The van der Waals surface area contributed by atoms with Gasteiger partial charge in [0.25, 0.3) is 0 Å². The molecule has 8 heteroatoms. The van der Waals surface area contributed by atoms with E-state index in [2.05, 4.69) is 15.9 Å². The summed E-state index contributed by atoms with van der Waals surface area (Å²) in [4.78, 5) is 67.8. The van der Waals surface area contributed by atoms with Crippen molar-refractivity contribution in [2.24, 2.45) is 17.8 Å². The Morgan fingerprint density at radius 2 is 1.62 bits per heavy atom. The second kappa shape index (κ2) is 9.56. The van der Waals surface area contributed by atoms with Crippen LogP contribution < -0.4 is 4.90 Å². The van der Waals surface area contributed by atoms with Crippen LogP contribution in [-0.2, 0) is 19.2 Å². The van der Waals surface area contributed by atoms with Crippen molar-refractivity contribution in [3.05, 3.63) is 105 Å². The van der Waals surface area contributed by atoms with E-state index in [0.717, 1.165) is 16.5 Å². The Morgan fingerprint density at radius 1 is 0.905 bits per heavy atom. The van der Waals surface area contributed by atoms with E-state index in [0.29, 0.717) is 34.2 Å². The Balaban J connectivity index is 1.38. The van der Waals surface area contributed by atoms with Gasteiger partial charge in [-0.05, 0) is 82.9 Å². The van der Waals surface area contributed by atoms with Gasteiger partial charge in [-0.1, -0.05) is 42.0 Å². The zero-order chi connectivity index (χ0) is 29.4. The van der Waals surface area contributed by atoms with Crippen LogP contribution in [0.4, 0.5) is 5.69 Å². The molecule has 208 valence electrons. The minimum Gasteiger partial charge on any atom is -0.507 e. The fraction of sp³-hybridized carbons (Fsp3) is 0.206. The Bertz CT molecular complexity index is 1880. The Labute approximate surface area is 249 Å². The van der Waals surface area contributed by atoms with Gasteiger partial charge in [-0.25, -0.2) is 0 Å². The number of rotatable bonds is 3. The van der Waals surface area contributed by atoms with Crippen molar-refractivity contribution >= 4 is 61.6 Å². The number of ketones is 3.